The maximum atomic E-state index is 10.7. The number of hydrogen-bond acceptors (Lipinski definition) is 6. The Bertz CT molecular complexity index is 736. The Labute approximate surface area is 156 Å². The van der Waals surface area contributed by atoms with Gasteiger partial charge in [0.15, 0.2) is 0 Å². The van der Waals surface area contributed by atoms with Gasteiger partial charge in [-0.05, 0) is 50.7 Å². The van der Waals surface area contributed by atoms with Crippen LogP contribution in [-0.2, 0) is 11.3 Å². The second-order valence-electron chi connectivity index (χ2n) is 6.54. The quantitative estimate of drug-likeness (QED) is 0.722. The van der Waals surface area contributed by atoms with Gasteiger partial charge in [0.2, 0.25) is 11.8 Å². The van der Waals surface area contributed by atoms with Crippen molar-refractivity contribution in [2.75, 3.05) is 11.9 Å². The van der Waals surface area contributed by atoms with Crippen molar-refractivity contribution in [1.29, 1.82) is 0 Å². The second-order valence-corrected chi connectivity index (χ2v) is 7.24. The topological polar surface area (TPSA) is 99.2 Å². The molecule has 8 heteroatoms. The molecule has 1 aromatic heterocycles. The van der Waals surface area contributed by atoms with Crippen molar-refractivity contribution in [3.05, 3.63) is 42.1 Å². The number of aryl methyl sites for hydroxylation is 1. The lowest BCUT2D eigenvalue weighted by Crippen LogP contribution is -2.35. The highest BCUT2D eigenvalue weighted by Crippen LogP contribution is 2.25. The number of rotatable bonds is 7. The highest BCUT2D eigenvalue weighted by molar-refractivity contribution is 7.77. The molecule has 1 heterocycles. The normalized spacial score (nSPS) is 21.2. The number of ether oxygens (including phenoxy) is 1. The standard InChI is InChI=1S/C18H24N4O3S/c1-13-11-17(25-16-5-3-2-4-6-16)21-18(20-13)19-12-14-7-9-15(10-8-14)22-26(23)24/h2-6,11,14-15,22H,7-10,12H2,1H3,(H,23,24)(H,19,20,21)/p-1. The van der Waals surface area contributed by atoms with Crippen molar-refractivity contribution in [2.24, 2.45) is 5.92 Å². The zero-order chi connectivity index (χ0) is 18.4. The molecule has 2 N–H and O–H groups in total. The molecule has 1 unspecified atom stereocenters. The van der Waals surface area contributed by atoms with Crippen LogP contribution in [0.2, 0.25) is 0 Å². The summed E-state index contributed by atoms with van der Waals surface area (Å²) in [6, 6.07) is 11.4. The van der Waals surface area contributed by atoms with Gasteiger partial charge in [0.1, 0.15) is 5.75 Å². The molecule has 1 aliphatic rings. The molecule has 0 bridgehead atoms. The highest BCUT2D eigenvalue weighted by atomic mass is 32.2. The summed E-state index contributed by atoms with van der Waals surface area (Å²) in [7, 11) is 0. The molecule has 3 rings (SSSR count). The minimum absolute atomic E-state index is 0.0608. The van der Waals surface area contributed by atoms with E-state index >= 15 is 0 Å². The molecule has 1 fully saturated rings. The number of hydrogen-bond donors (Lipinski definition) is 2. The van der Waals surface area contributed by atoms with Crippen LogP contribution in [0.5, 0.6) is 11.6 Å². The van der Waals surface area contributed by atoms with Crippen molar-refractivity contribution in [1.82, 2.24) is 14.7 Å². The van der Waals surface area contributed by atoms with Gasteiger partial charge >= 0.3 is 0 Å². The lowest BCUT2D eigenvalue weighted by Gasteiger charge is -2.29. The number of benzene rings is 1. The summed E-state index contributed by atoms with van der Waals surface area (Å²) in [6.45, 7) is 2.67. The molecule has 0 saturated heterocycles. The van der Waals surface area contributed by atoms with Crippen molar-refractivity contribution >= 4 is 17.2 Å². The van der Waals surface area contributed by atoms with Gasteiger partial charge in [-0.25, -0.2) is 9.71 Å². The molecule has 1 saturated carbocycles. The van der Waals surface area contributed by atoms with E-state index in [1.165, 1.54) is 0 Å². The summed E-state index contributed by atoms with van der Waals surface area (Å²) < 4.78 is 29.8. The van der Waals surface area contributed by atoms with Gasteiger partial charge in [-0.3, -0.25) is 4.21 Å². The first-order chi connectivity index (χ1) is 12.6. The van der Waals surface area contributed by atoms with Gasteiger partial charge in [-0.15, -0.1) is 0 Å². The summed E-state index contributed by atoms with van der Waals surface area (Å²) in [5, 5.41) is 3.29. The molecule has 0 aliphatic heterocycles. The fourth-order valence-electron chi connectivity index (χ4n) is 3.14. The molecule has 0 amide bonds. The van der Waals surface area contributed by atoms with Crippen molar-refractivity contribution in [2.45, 2.75) is 38.6 Å². The third kappa shape index (κ3) is 5.76. The predicted molar refractivity (Wildman–Crippen MR) is 99.6 cm³/mol. The maximum Gasteiger partial charge on any atom is 0.226 e. The first-order valence-corrected chi connectivity index (χ1v) is 9.84. The number of anilines is 1. The maximum absolute atomic E-state index is 10.7. The lowest BCUT2D eigenvalue weighted by molar-refractivity contribution is 0.321. The Kier molecular flexibility index (Phi) is 6.54. The summed E-state index contributed by atoms with van der Waals surface area (Å²) in [6.07, 6.45) is 3.66. The fraction of sp³-hybridized carbons (Fsp3) is 0.444. The van der Waals surface area contributed by atoms with E-state index in [1.54, 1.807) is 6.07 Å². The Balaban J connectivity index is 1.53. The van der Waals surface area contributed by atoms with E-state index in [1.807, 2.05) is 37.3 Å². The first kappa shape index (κ1) is 18.8. The average molecular weight is 375 g/mol. The molecule has 1 aromatic carbocycles. The third-order valence-corrected chi connectivity index (χ3v) is 4.98. The molecule has 140 valence electrons. The molecule has 2 aromatic rings. The van der Waals surface area contributed by atoms with Crippen LogP contribution in [0, 0.1) is 12.8 Å². The number of nitrogens with one attached hydrogen (secondary N) is 2. The number of para-hydroxylation sites is 1. The number of aromatic nitrogens is 2. The van der Waals surface area contributed by atoms with Gasteiger partial charge in [0.05, 0.1) is 0 Å². The summed E-state index contributed by atoms with van der Waals surface area (Å²) in [5.74, 6) is 2.28. The Morgan fingerprint density at radius 2 is 1.92 bits per heavy atom. The van der Waals surface area contributed by atoms with E-state index in [-0.39, 0.29) is 6.04 Å². The van der Waals surface area contributed by atoms with E-state index < -0.39 is 11.3 Å². The average Bonchev–Trinajstić information content (AvgIpc) is 2.61. The summed E-state index contributed by atoms with van der Waals surface area (Å²) in [4.78, 5) is 8.85. The van der Waals surface area contributed by atoms with Crippen LogP contribution in [0.1, 0.15) is 31.4 Å². The van der Waals surface area contributed by atoms with Crippen LogP contribution in [0.4, 0.5) is 5.95 Å². The third-order valence-electron chi connectivity index (χ3n) is 4.45. The predicted octanol–water partition coefficient (Wildman–Crippen LogP) is 2.93. The van der Waals surface area contributed by atoms with Gasteiger partial charge in [-0.1, -0.05) is 18.2 Å². The van der Waals surface area contributed by atoms with Crippen LogP contribution < -0.4 is 14.8 Å². The van der Waals surface area contributed by atoms with E-state index in [9.17, 15) is 8.76 Å². The van der Waals surface area contributed by atoms with Gasteiger partial charge in [0.25, 0.3) is 0 Å². The molecule has 0 spiro atoms. The lowest BCUT2D eigenvalue weighted by atomic mass is 9.86. The fourth-order valence-corrected chi connectivity index (χ4v) is 3.64. The summed E-state index contributed by atoms with van der Waals surface area (Å²) >= 11 is -2.18. The second kappa shape index (κ2) is 9.07. The minimum atomic E-state index is -2.18. The van der Waals surface area contributed by atoms with Gasteiger partial charge in [-0.2, -0.15) is 4.98 Å². The first-order valence-electron chi connectivity index (χ1n) is 8.76. The highest BCUT2D eigenvalue weighted by Gasteiger charge is 2.21. The van der Waals surface area contributed by atoms with Gasteiger partial charge < -0.3 is 14.6 Å². The van der Waals surface area contributed by atoms with Crippen LogP contribution in [0.15, 0.2) is 36.4 Å². The van der Waals surface area contributed by atoms with Crippen molar-refractivity contribution in [3.63, 3.8) is 0 Å². The Hall–Kier alpha value is -2.03. The zero-order valence-electron chi connectivity index (χ0n) is 14.7. The van der Waals surface area contributed by atoms with E-state index in [0.717, 1.165) is 43.7 Å². The smallest absolute Gasteiger partial charge is 0.226 e. The van der Waals surface area contributed by atoms with Crippen LogP contribution in [0.3, 0.4) is 0 Å². The number of nitrogens with zero attached hydrogens (tertiary/aromatic N) is 2. The van der Waals surface area contributed by atoms with E-state index in [0.29, 0.717) is 17.7 Å². The van der Waals surface area contributed by atoms with E-state index in [4.69, 9.17) is 4.74 Å². The van der Waals surface area contributed by atoms with Crippen LogP contribution in [0.25, 0.3) is 0 Å². The molecule has 1 atom stereocenters. The molecule has 26 heavy (non-hydrogen) atoms. The van der Waals surface area contributed by atoms with E-state index in [2.05, 4.69) is 20.0 Å². The molecule has 0 radical (unpaired) electrons. The molecule has 1 aliphatic carbocycles. The minimum Gasteiger partial charge on any atom is -0.760 e. The Morgan fingerprint density at radius 3 is 2.62 bits per heavy atom. The van der Waals surface area contributed by atoms with Gasteiger partial charge in [0, 0.05) is 35.6 Å². The molecular weight excluding hydrogens is 352 g/mol. The summed E-state index contributed by atoms with van der Waals surface area (Å²) in [5.41, 5.74) is 0.833. The SMILES string of the molecule is Cc1cc(Oc2ccccc2)nc(NCC2CCC(NS(=O)[O-])CC2)n1. The van der Waals surface area contributed by atoms with Crippen LogP contribution >= 0.6 is 0 Å². The monoisotopic (exact) mass is 375 g/mol. The zero-order valence-corrected chi connectivity index (χ0v) is 15.5. The molecular formula is C18H23N4O3S-. The van der Waals surface area contributed by atoms with Crippen molar-refractivity contribution in [3.8, 4) is 11.6 Å². The van der Waals surface area contributed by atoms with Crippen molar-refractivity contribution < 1.29 is 13.5 Å². The Morgan fingerprint density at radius 1 is 1.19 bits per heavy atom. The molecule has 7 nitrogen and oxygen atoms in total. The largest absolute Gasteiger partial charge is 0.760 e. The van der Waals surface area contributed by atoms with Crippen LogP contribution in [-0.4, -0.2) is 31.3 Å².